The van der Waals surface area contributed by atoms with E-state index in [0.717, 1.165) is 28.0 Å². The Bertz CT molecular complexity index is 931. The Morgan fingerprint density at radius 2 is 2.12 bits per heavy atom. The molecule has 26 heavy (non-hydrogen) atoms. The number of rotatable bonds is 4. The van der Waals surface area contributed by atoms with Crippen LogP contribution in [0.25, 0.3) is 10.9 Å². The molecule has 1 aliphatic rings. The molecule has 4 rings (SSSR count). The van der Waals surface area contributed by atoms with Crippen molar-refractivity contribution in [2.45, 2.75) is 32.0 Å². The average molecular weight is 350 g/mol. The lowest BCUT2D eigenvalue weighted by molar-refractivity contribution is -0.132. The first-order valence-electron chi connectivity index (χ1n) is 8.77. The molecule has 1 aliphatic heterocycles. The molecule has 0 saturated carbocycles. The highest BCUT2D eigenvalue weighted by Crippen LogP contribution is 2.25. The number of likely N-dealkylation sites (N-methyl/N-ethyl adjacent to an activating group) is 1. The van der Waals surface area contributed by atoms with E-state index in [0.29, 0.717) is 13.0 Å². The van der Waals surface area contributed by atoms with Crippen LogP contribution in [0.3, 0.4) is 0 Å². The summed E-state index contributed by atoms with van der Waals surface area (Å²) < 4.78 is 5.67. The first-order chi connectivity index (χ1) is 12.6. The minimum absolute atomic E-state index is 0.00723. The molecule has 0 aliphatic carbocycles. The zero-order valence-corrected chi connectivity index (χ0v) is 14.9. The molecule has 2 atom stereocenters. The summed E-state index contributed by atoms with van der Waals surface area (Å²) in [4.78, 5) is 19.0. The quantitative estimate of drug-likeness (QED) is 0.757. The van der Waals surface area contributed by atoms with E-state index in [1.54, 1.807) is 11.1 Å². The maximum absolute atomic E-state index is 12.8. The number of carbonyl (C=O) groups excluding carboxylic acids is 1. The molecule has 2 aromatic heterocycles. The van der Waals surface area contributed by atoms with Gasteiger partial charge in [-0.25, -0.2) is 10.9 Å². The molecule has 6 heteroatoms. The molecule has 2 unspecified atom stereocenters. The highest BCUT2D eigenvalue weighted by molar-refractivity contribution is 5.84. The van der Waals surface area contributed by atoms with Crippen LogP contribution in [0.4, 0.5) is 0 Å². The fourth-order valence-electron chi connectivity index (χ4n) is 3.45. The maximum Gasteiger partial charge on any atom is 0.241 e. The standard InChI is InChI=1S/C20H22N4O2/c1-13-8-9-19(26-13)17-11-18(23-22-17)20(25)24(2)12-14-5-3-7-16-15(14)6-4-10-21-16/h3-10,17-18,22-23H,11-12H2,1-2H3. The molecular formula is C20H22N4O2. The van der Waals surface area contributed by atoms with Gasteiger partial charge in [0.05, 0.1) is 11.6 Å². The summed E-state index contributed by atoms with van der Waals surface area (Å²) in [6, 6.07) is 13.6. The van der Waals surface area contributed by atoms with E-state index in [2.05, 4.69) is 15.8 Å². The molecule has 0 spiro atoms. The Kier molecular flexibility index (Phi) is 4.44. The van der Waals surface area contributed by atoms with Crippen molar-refractivity contribution in [3.05, 3.63) is 65.7 Å². The first-order valence-corrected chi connectivity index (χ1v) is 8.77. The molecule has 6 nitrogen and oxygen atoms in total. The molecule has 1 aromatic carbocycles. The van der Waals surface area contributed by atoms with Gasteiger partial charge in [-0.05, 0) is 43.2 Å². The van der Waals surface area contributed by atoms with Gasteiger partial charge in [-0.1, -0.05) is 18.2 Å². The minimum atomic E-state index is -0.275. The second kappa shape index (κ2) is 6.90. The fourth-order valence-corrected chi connectivity index (χ4v) is 3.45. The molecule has 0 radical (unpaired) electrons. The van der Waals surface area contributed by atoms with E-state index in [4.69, 9.17) is 4.42 Å². The van der Waals surface area contributed by atoms with Gasteiger partial charge in [0.2, 0.25) is 5.91 Å². The monoisotopic (exact) mass is 350 g/mol. The van der Waals surface area contributed by atoms with Crippen LogP contribution in [0.2, 0.25) is 0 Å². The third-order valence-corrected chi connectivity index (χ3v) is 4.83. The number of aromatic nitrogens is 1. The smallest absolute Gasteiger partial charge is 0.241 e. The number of fused-ring (bicyclic) bond motifs is 1. The van der Waals surface area contributed by atoms with Crippen LogP contribution in [0.15, 0.2) is 53.1 Å². The summed E-state index contributed by atoms with van der Waals surface area (Å²) in [5.41, 5.74) is 8.31. The normalized spacial score (nSPS) is 19.8. The second-order valence-corrected chi connectivity index (χ2v) is 6.76. The molecule has 1 fully saturated rings. The lowest BCUT2D eigenvalue weighted by atomic mass is 10.1. The van der Waals surface area contributed by atoms with E-state index >= 15 is 0 Å². The number of aryl methyl sites for hydroxylation is 1. The molecular weight excluding hydrogens is 328 g/mol. The van der Waals surface area contributed by atoms with Crippen LogP contribution < -0.4 is 10.9 Å². The van der Waals surface area contributed by atoms with Gasteiger partial charge in [0.1, 0.15) is 17.6 Å². The van der Waals surface area contributed by atoms with Crippen molar-refractivity contribution in [1.82, 2.24) is 20.7 Å². The van der Waals surface area contributed by atoms with E-state index in [-0.39, 0.29) is 18.0 Å². The van der Waals surface area contributed by atoms with Gasteiger partial charge >= 0.3 is 0 Å². The molecule has 2 N–H and O–H groups in total. The van der Waals surface area contributed by atoms with Crippen LogP contribution in [0.5, 0.6) is 0 Å². The highest BCUT2D eigenvalue weighted by atomic mass is 16.3. The lowest BCUT2D eigenvalue weighted by Crippen LogP contribution is -2.43. The number of amides is 1. The van der Waals surface area contributed by atoms with Gasteiger partial charge in [-0.2, -0.15) is 0 Å². The van der Waals surface area contributed by atoms with E-state index < -0.39 is 0 Å². The summed E-state index contributed by atoms with van der Waals surface area (Å²) in [5, 5.41) is 1.08. The van der Waals surface area contributed by atoms with E-state index in [1.807, 2.05) is 56.4 Å². The van der Waals surface area contributed by atoms with E-state index in [9.17, 15) is 4.79 Å². The molecule has 3 aromatic rings. The summed E-state index contributed by atoms with van der Waals surface area (Å²) in [5.74, 6) is 1.79. The Labute approximate surface area is 152 Å². The average Bonchev–Trinajstić information content (AvgIpc) is 3.30. The van der Waals surface area contributed by atoms with Crippen molar-refractivity contribution >= 4 is 16.8 Å². The van der Waals surface area contributed by atoms with Gasteiger partial charge in [-0.3, -0.25) is 9.78 Å². The van der Waals surface area contributed by atoms with Crippen LogP contribution in [0, 0.1) is 6.92 Å². The van der Waals surface area contributed by atoms with Crippen molar-refractivity contribution in [3.63, 3.8) is 0 Å². The predicted octanol–water partition coefficient (Wildman–Crippen LogP) is 2.70. The van der Waals surface area contributed by atoms with Crippen molar-refractivity contribution in [2.75, 3.05) is 7.05 Å². The molecule has 1 saturated heterocycles. The minimum Gasteiger partial charge on any atom is -0.465 e. The maximum atomic E-state index is 12.8. The van der Waals surface area contributed by atoms with Gasteiger partial charge < -0.3 is 9.32 Å². The number of furan rings is 1. The van der Waals surface area contributed by atoms with Crippen LogP contribution in [-0.2, 0) is 11.3 Å². The van der Waals surface area contributed by atoms with Crippen LogP contribution in [-0.4, -0.2) is 28.9 Å². The second-order valence-electron chi connectivity index (χ2n) is 6.76. The highest BCUT2D eigenvalue weighted by Gasteiger charge is 2.33. The Morgan fingerprint density at radius 1 is 1.23 bits per heavy atom. The largest absolute Gasteiger partial charge is 0.465 e. The molecule has 134 valence electrons. The summed E-state index contributed by atoms with van der Waals surface area (Å²) >= 11 is 0. The zero-order chi connectivity index (χ0) is 18.1. The SMILES string of the molecule is Cc1ccc(C2CC(C(=O)N(C)Cc3cccc4ncccc34)NN2)o1. The van der Waals surface area contributed by atoms with Gasteiger partial charge in [0, 0.05) is 25.2 Å². The number of hydrazine groups is 1. The fraction of sp³-hybridized carbons (Fsp3) is 0.300. The zero-order valence-electron chi connectivity index (χ0n) is 14.9. The number of hydrogen-bond donors (Lipinski definition) is 2. The predicted molar refractivity (Wildman–Crippen MR) is 99.1 cm³/mol. The Hall–Kier alpha value is -2.70. The van der Waals surface area contributed by atoms with Crippen molar-refractivity contribution < 1.29 is 9.21 Å². The van der Waals surface area contributed by atoms with Gasteiger partial charge in [0.25, 0.3) is 0 Å². The van der Waals surface area contributed by atoms with Crippen molar-refractivity contribution in [3.8, 4) is 0 Å². The number of nitrogens with zero attached hydrogens (tertiary/aromatic N) is 2. The van der Waals surface area contributed by atoms with Crippen LogP contribution in [0.1, 0.15) is 29.5 Å². The molecule has 0 bridgehead atoms. The topological polar surface area (TPSA) is 70.4 Å². The van der Waals surface area contributed by atoms with Gasteiger partial charge in [0.15, 0.2) is 0 Å². The van der Waals surface area contributed by atoms with Crippen molar-refractivity contribution in [2.24, 2.45) is 0 Å². The lowest BCUT2D eigenvalue weighted by Gasteiger charge is -2.21. The number of hydrogen-bond acceptors (Lipinski definition) is 5. The van der Waals surface area contributed by atoms with Gasteiger partial charge in [-0.15, -0.1) is 0 Å². The third kappa shape index (κ3) is 3.21. The Balaban J connectivity index is 1.45. The molecule has 1 amide bonds. The number of nitrogens with one attached hydrogen (secondary N) is 2. The first kappa shape index (κ1) is 16.8. The van der Waals surface area contributed by atoms with Crippen molar-refractivity contribution in [1.29, 1.82) is 0 Å². The third-order valence-electron chi connectivity index (χ3n) is 4.83. The summed E-state index contributed by atoms with van der Waals surface area (Å²) in [6.07, 6.45) is 2.44. The molecule has 3 heterocycles. The van der Waals surface area contributed by atoms with Crippen LogP contribution >= 0.6 is 0 Å². The number of benzene rings is 1. The number of carbonyl (C=O) groups is 1. The summed E-state index contributed by atoms with van der Waals surface area (Å²) in [7, 11) is 1.84. The van der Waals surface area contributed by atoms with E-state index in [1.165, 1.54) is 0 Å². The number of pyridine rings is 1. The Morgan fingerprint density at radius 3 is 2.92 bits per heavy atom. The summed E-state index contributed by atoms with van der Waals surface area (Å²) in [6.45, 7) is 2.46.